The molecule has 1 heteroatoms. The van der Waals surface area contributed by atoms with Gasteiger partial charge in [0.25, 0.3) is 0 Å². The van der Waals surface area contributed by atoms with Crippen LogP contribution in [0.1, 0.15) is 85.9 Å². The van der Waals surface area contributed by atoms with E-state index in [1.54, 1.807) is 5.57 Å². The van der Waals surface area contributed by atoms with E-state index in [2.05, 4.69) is 107 Å². The minimum atomic E-state index is 0.149. The van der Waals surface area contributed by atoms with E-state index in [1.807, 2.05) is 0 Å². The van der Waals surface area contributed by atoms with Crippen LogP contribution in [0.5, 0.6) is 0 Å². The molecule has 0 bridgehead atoms. The Morgan fingerprint density at radius 1 is 0.778 bits per heavy atom. The minimum Gasteiger partial charge on any atom is -0.460 e. The summed E-state index contributed by atoms with van der Waals surface area (Å²) >= 11 is 0. The summed E-state index contributed by atoms with van der Waals surface area (Å²) in [5.74, 6) is 1.53. The van der Waals surface area contributed by atoms with Gasteiger partial charge in [-0.3, -0.25) is 0 Å². The maximum Gasteiger partial charge on any atom is 0.134 e. The molecule has 2 aliphatic rings. The first kappa shape index (κ1) is 23.1. The Bertz CT molecular complexity index is 1470. The van der Waals surface area contributed by atoms with Gasteiger partial charge in [-0.25, -0.2) is 0 Å². The van der Waals surface area contributed by atoms with E-state index in [0.29, 0.717) is 5.92 Å². The fourth-order valence-electron chi connectivity index (χ4n) is 6.24. The molecule has 4 aromatic rings. The molecule has 182 valence electrons. The molecule has 2 aliphatic carbocycles. The number of hydrogen-bond acceptors (Lipinski definition) is 1. The second-order valence-electron chi connectivity index (χ2n) is 11.7. The molecule has 36 heavy (non-hydrogen) atoms. The first-order chi connectivity index (χ1) is 17.4. The lowest BCUT2D eigenvalue weighted by Gasteiger charge is -2.30. The normalized spacial score (nSPS) is 18.3. The van der Waals surface area contributed by atoms with Gasteiger partial charge in [0.2, 0.25) is 0 Å². The van der Waals surface area contributed by atoms with Crippen molar-refractivity contribution in [3.63, 3.8) is 0 Å². The highest BCUT2D eigenvalue weighted by atomic mass is 16.3. The molecule has 1 atom stereocenters. The molecule has 0 N–H and O–H groups in total. The van der Waals surface area contributed by atoms with E-state index < -0.39 is 0 Å². The molecule has 1 heterocycles. The van der Waals surface area contributed by atoms with Gasteiger partial charge in [0.15, 0.2) is 0 Å². The van der Waals surface area contributed by atoms with Crippen LogP contribution in [0.25, 0.3) is 22.1 Å². The molecule has 0 saturated carbocycles. The van der Waals surface area contributed by atoms with Crippen LogP contribution in [-0.2, 0) is 6.42 Å². The summed E-state index contributed by atoms with van der Waals surface area (Å²) < 4.78 is 6.42. The Morgan fingerprint density at radius 3 is 2.25 bits per heavy atom. The summed E-state index contributed by atoms with van der Waals surface area (Å²) in [7, 11) is 0. The highest BCUT2D eigenvalue weighted by Gasteiger charge is 2.29. The number of hydrogen-bond donors (Lipinski definition) is 0. The topological polar surface area (TPSA) is 13.1 Å². The first-order valence-corrected chi connectivity index (χ1v) is 13.5. The van der Waals surface area contributed by atoms with Crippen LogP contribution in [0.3, 0.4) is 0 Å². The molecular weight excluding hydrogens is 436 g/mol. The van der Waals surface area contributed by atoms with Gasteiger partial charge in [0.1, 0.15) is 11.3 Å². The SMILES string of the molecule is Cc1ccc(C2=CC(c3ccc(C4CCCc5c4oc4ccccc54)cc3)=C(C(C)(C)C)CC2)cc1. The monoisotopic (exact) mass is 472 g/mol. The quantitative estimate of drug-likeness (QED) is 0.289. The fourth-order valence-corrected chi connectivity index (χ4v) is 6.24. The maximum atomic E-state index is 6.42. The summed E-state index contributed by atoms with van der Waals surface area (Å²) in [4.78, 5) is 0. The van der Waals surface area contributed by atoms with E-state index in [0.717, 1.165) is 31.3 Å². The molecule has 6 rings (SSSR count). The lowest BCUT2D eigenvalue weighted by atomic mass is 9.74. The number of fused-ring (bicyclic) bond motifs is 3. The van der Waals surface area contributed by atoms with Gasteiger partial charge in [-0.2, -0.15) is 0 Å². The zero-order valence-electron chi connectivity index (χ0n) is 22.0. The number of benzene rings is 3. The predicted molar refractivity (Wildman–Crippen MR) is 152 cm³/mol. The number of aryl methyl sites for hydroxylation is 2. The third-order valence-electron chi connectivity index (χ3n) is 8.21. The second kappa shape index (κ2) is 8.96. The van der Waals surface area contributed by atoms with Gasteiger partial charge < -0.3 is 4.42 Å². The minimum absolute atomic E-state index is 0.149. The van der Waals surface area contributed by atoms with Crippen molar-refractivity contribution in [2.75, 3.05) is 0 Å². The maximum absolute atomic E-state index is 6.42. The summed E-state index contributed by atoms with van der Waals surface area (Å²) in [6, 6.07) is 26.9. The molecule has 1 unspecified atom stereocenters. The zero-order chi connectivity index (χ0) is 24.9. The van der Waals surface area contributed by atoms with Crippen molar-refractivity contribution in [1.82, 2.24) is 0 Å². The van der Waals surface area contributed by atoms with Crippen LogP contribution < -0.4 is 0 Å². The number of rotatable bonds is 3. The molecule has 0 spiro atoms. The largest absolute Gasteiger partial charge is 0.460 e. The van der Waals surface area contributed by atoms with Gasteiger partial charge in [0.05, 0.1) is 0 Å². The van der Waals surface area contributed by atoms with Crippen molar-refractivity contribution < 1.29 is 4.42 Å². The van der Waals surface area contributed by atoms with Crippen LogP contribution >= 0.6 is 0 Å². The Labute approximate surface area is 215 Å². The van der Waals surface area contributed by atoms with Gasteiger partial charge in [0, 0.05) is 16.9 Å². The van der Waals surface area contributed by atoms with E-state index in [9.17, 15) is 0 Å². The third-order valence-corrected chi connectivity index (χ3v) is 8.21. The van der Waals surface area contributed by atoms with Crippen LogP contribution in [0, 0.1) is 12.3 Å². The Morgan fingerprint density at radius 2 is 1.50 bits per heavy atom. The highest BCUT2D eigenvalue weighted by Crippen LogP contribution is 2.45. The molecular formula is C35H36O. The van der Waals surface area contributed by atoms with Crippen molar-refractivity contribution in [3.05, 3.63) is 118 Å². The molecule has 0 saturated heterocycles. The van der Waals surface area contributed by atoms with Gasteiger partial charge in [-0.1, -0.05) is 105 Å². The van der Waals surface area contributed by atoms with E-state index in [1.165, 1.54) is 56.5 Å². The lowest BCUT2D eigenvalue weighted by Crippen LogP contribution is -2.14. The van der Waals surface area contributed by atoms with Crippen LogP contribution in [0.15, 0.2) is 88.9 Å². The van der Waals surface area contributed by atoms with E-state index in [4.69, 9.17) is 4.42 Å². The molecule has 1 aromatic heterocycles. The standard InChI is InChI=1S/C35H36O/c1-23-12-14-24(15-13-23)27-20-21-32(35(2,3)4)31(22-27)26-18-16-25(17-19-26)28-9-7-10-30-29-8-5-6-11-33(29)36-34(28)30/h5-6,8,11-19,22,28H,7,9-10,20-21H2,1-4H3. The van der Waals surface area contributed by atoms with Gasteiger partial charge >= 0.3 is 0 Å². The molecule has 1 nitrogen and oxygen atoms in total. The Hall–Kier alpha value is -3.32. The van der Waals surface area contributed by atoms with E-state index >= 15 is 0 Å². The highest BCUT2D eigenvalue weighted by molar-refractivity contribution is 5.88. The number of furan rings is 1. The van der Waals surface area contributed by atoms with Gasteiger partial charge in [-0.15, -0.1) is 0 Å². The van der Waals surface area contributed by atoms with Crippen molar-refractivity contribution in [3.8, 4) is 0 Å². The fraction of sp³-hybridized carbons (Fsp3) is 0.314. The smallest absolute Gasteiger partial charge is 0.134 e. The average Bonchev–Trinajstić information content (AvgIpc) is 3.27. The predicted octanol–water partition coefficient (Wildman–Crippen LogP) is 9.89. The first-order valence-electron chi connectivity index (χ1n) is 13.5. The van der Waals surface area contributed by atoms with Crippen LogP contribution in [0.2, 0.25) is 0 Å². The van der Waals surface area contributed by atoms with Gasteiger partial charge in [-0.05, 0) is 78.3 Å². The lowest BCUT2D eigenvalue weighted by molar-refractivity contribution is 0.468. The molecule has 0 fully saturated rings. The molecule has 0 radical (unpaired) electrons. The third kappa shape index (κ3) is 4.15. The Balaban J connectivity index is 1.38. The molecule has 0 amide bonds. The van der Waals surface area contributed by atoms with Crippen LogP contribution in [-0.4, -0.2) is 0 Å². The van der Waals surface area contributed by atoms with E-state index in [-0.39, 0.29) is 5.41 Å². The van der Waals surface area contributed by atoms with Crippen molar-refractivity contribution in [1.29, 1.82) is 0 Å². The summed E-state index contributed by atoms with van der Waals surface area (Å²) in [6.45, 7) is 9.22. The molecule has 0 aliphatic heterocycles. The summed E-state index contributed by atoms with van der Waals surface area (Å²) in [6.07, 6.45) is 8.17. The van der Waals surface area contributed by atoms with Crippen molar-refractivity contribution in [2.45, 2.75) is 65.7 Å². The zero-order valence-corrected chi connectivity index (χ0v) is 22.0. The summed E-state index contributed by atoms with van der Waals surface area (Å²) in [5.41, 5.74) is 12.4. The van der Waals surface area contributed by atoms with Crippen molar-refractivity contribution >= 4 is 22.1 Å². The molecule has 3 aromatic carbocycles. The van der Waals surface area contributed by atoms with Crippen LogP contribution in [0.4, 0.5) is 0 Å². The summed E-state index contributed by atoms with van der Waals surface area (Å²) in [5, 5.41) is 1.30. The Kier molecular flexibility index (Phi) is 5.75. The van der Waals surface area contributed by atoms with Crippen molar-refractivity contribution in [2.24, 2.45) is 5.41 Å². The average molecular weight is 473 g/mol. The second-order valence-corrected chi connectivity index (χ2v) is 11.7. The number of para-hydroxylation sites is 1. The number of allylic oxidation sites excluding steroid dienone is 4.